The van der Waals surface area contributed by atoms with Crippen LogP contribution >= 0.6 is 0 Å². The molecule has 0 saturated heterocycles. The van der Waals surface area contributed by atoms with E-state index in [0.29, 0.717) is 17.0 Å². The Morgan fingerprint density at radius 3 is 2.79 bits per heavy atom. The van der Waals surface area contributed by atoms with Crippen molar-refractivity contribution >= 4 is 22.7 Å². The van der Waals surface area contributed by atoms with Crippen LogP contribution in [0.15, 0.2) is 42.5 Å². The minimum Gasteiger partial charge on any atom is -0.478 e. The zero-order valence-corrected chi connectivity index (χ0v) is 9.92. The van der Waals surface area contributed by atoms with E-state index in [-0.39, 0.29) is 5.56 Å². The van der Waals surface area contributed by atoms with Crippen LogP contribution < -0.4 is 5.73 Å². The Kier molecular flexibility index (Phi) is 2.45. The zero-order chi connectivity index (χ0) is 13.4. The Hall–Kier alpha value is -2.82. The number of H-pyrrole nitrogens is 1. The average molecular weight is 253 g/mol. The van der Waals surface area contributed by atoms with Crippen molar-refractivity contribution in [3.05, 3.63) is 48.0 Å². The maximum Gasteiger partial charge on any atom is 0.335 e. The van der Waals surface area contributed by atoms with Gasteiger partial charge in [-0.15, -0.1) is 0 Å². The van der Waals surface area contributed by atoms with Crippen molar-refractivity contribution in [3.8, 4) is 11.4 Å². The van der Waals surface area contributed by atoms with Crippen molar-refractivity contribution in [2.24, 2.45) is 0 Å². The highest BCUT2D eigenvalue weighted by Crippen LogP contribution is 2.22. The molecule has 0 bridgehead atoms. The van der Waals surface area contributed by atoms with Gasteiger partial charge < -0.3 is 15.8 Å². The third-order valence-electron chi connectivity index (χ3n) is 2.89. The van der Waals surface area contributed by atoms with Gasteiger partial charge >= 0.3 is 5.97 Å². The van der Waals surface area contributed by atoms with Crippen LogP contribution in [0.3, 0.4) is 0 Å². The second-order valence-electron chi connectivity index (χ2n) is 4.25. The summed E-state index contributed by atoms with van der Waals surface area (Å²) < 4.78 is 0. The van der Waals surface area contributed by atoms with E-state index in [1.165, 1.54) is 6.07 Å². The molecule has 0 spiro atoms. The van der Waals surface area contributed by atoms with Crippen molar-refractivity contribution in [2.75, 3.05) is 5.73 Å². The van der Waals surface area contributed by atoms with Gasteiger partial charge in [0.25, 0.3) is 0 Å². The fourth-order valence-electron chi connectivity index (χ4n) is 1.97. The van der Waals surface area contributed by atoms with Gasteiger partial charge in [0.1, 0.15) is 5.82 Å². The quantitative estimate of drug-likeness (QED) is 0.612. The van der Waals surface area contributed by atoms with Crippen LogP contribution in [0, 0.1) is 0 Å². The lowest BCUT2D eigenvalue weighted by Gasteiger charge is -1.97. The lowest BCUT2D eigenvalue weighted by Crippen LogP contribution is -1.94. The van der Waals surface area contributed by atoms with Crippen LogP contribution in [0.4, 0.5) is 5.69 Å². The predicted octanol–water partition coefficient (Wildman–Crippen LogP) is 2.51. The molecule has 0 fully saturated rings. The van der Waals surface area contributed by atoms with Gasteiger partial charge in [0, 0.05) is 11.3 Å². The molecule has 1 aromatic heterocycles. The molecule has 0 aliphatic rings. The molecule has 2 aromatic carbocycles. The number of nitrogens with two attached hydrogens (primary N) is 1. The molecule has 0 aliphatic heterocycles. The zero-order valence-electron chi connectivity index (χ0n) is 9.92. The second-order valence-corrected chi connectivity index (χ2v) is 4.25. The number of hydrogen-bond donors (Lipinski definition) is 3. The highest BCUT2D eigenvalue weighted by Gasteiger charge is 2.08. The van der Waals surface area contributed by atoms with Crippen molar-refractivity contribution in [3.63, 3.8) is 0 Å². The molecule has 0 saturated carbocycles. The molecule has 0 radical (unpaired) electrons. The molecule has 0 amide bonds. The third-order valence-corrected chi connectivity index (χ3v) is 2.89. The molecule has 5 heteroatoms. The predicted molar refractivity (Wildman–Crippen MR) is 72.9 cm³/mol. The number of nitrogen functional groups attached to an aromatic ring is 1. The maximum absolute atomic E-state index is 10.9. The van der Waals surface area contributed by atoms with Gasteiger partial charge in [0.2, 0.25) is 0 Å². The van der Waals surface area contributed by atoms with Crippen molar-refractivity contribution in [2.45, 2.75) is 0 Å². The van der Waals surface area contributed by atoms with Crippen LogP contribution in [0.2, 0.25) is 0 Å². The average Bonchev–Trinajstić information content (AvgIpc) is 2.81. The van der Waals surface area contributed by atoms with E-state index >= 15 is 0 Å². The summed E-state index contributed by atoms with van der Waals surface area (Å²) in [5.41, 5.74) is 8.91. The summed E-state index contributed by atoms with van der Waals surface area (Å²) in [5, 5.41) is 8.95. The Labute approximate surface area is 108 Å². The molecule has 5 nitrogen and oxygen atoms in total. The lowest BCUT2D eigenvalue weighted by atomic mass is 10.2. The van der Waals surface area contributed by atoms with Gasteiger partial charge in [0.15, 0.2) is 0 Å². The number of aromatic nitrogens is 2. The van der Waals surface area contributed by atoms with Crippen molar-refractivity contribution in [1.82, 2.24) is 9.97 Å². The minimum absolute atomic E-state index is 0.232. The molecule has 4 N–H and O–H groups in total. The molecular formula is C14H11N3O2. The van der Waals surface area contributed by atoms with Gasteiger partial charge in [0.05, 0.1) is 16.6 Å². The summed E-state index contributed by atoms with van der Waals surface area (Å²) >= 11 is 0. The number of rotatable bonds is 2. The maximum atomic E-state index is 10.9. The molecule has 19 heavy (non-hydrogen) atoms. The topological polar surface area (TPSA) is 92.0 Å². The number of hydrogen-bond acceptors (Lipinski definition) is 3. The van der Waals surface area contributed by atoms with Crippen LogP contribution in [0.5, 0.6) is 0 Å². The second kappa shape index (κ2) is 4.13. The van der Waals surface area contributed by atoms with Gasteiger partial charge in [-0.3, -0.25) is 0 Å². The molecule has 3 rings (SSSR count). The van der Waals surface area contributed by atoms with Crippen LogP contribution in [-0.4, -0.2) is 21.0 Å². The van der Waals surface area contributed by atoms with Crippen LogP contribution in [0.25, 0.3) is 22.4 Å². The number of carbonyl (C=O) groups is 1. The molecule has 0 unspecified atom stereocenters. The number of carboxylic acids is 1. The molecule has 0 aliphatic carbocycles. The monoisotopic (exact) mass is 253 g/mol. The molecule has 3 aromatic rings. The standard InChI is InChI=1S/C14H11N3O2/c15-10-3-1-2-8(6-10)13-16-11-5-4-9(14(18)19)7-12(11)17-13/h1-7H,15H2,(H,16,17)(H,18,19). The number of imidazole rings is 1. The number of nitrogens with zero attached hydrogens (tertiary/aromatic N) is 1. The largest absolute Gasteiger partial charge is 0.478 e. The number of carboxylic acid groups (broad SMARTS) is 1. The van der Waals surface area contributed by atoms with E-state index < -0.39 is 5.97 Å². The van der Waals surface area contributed by atoms with E-state index in [0.717, 1.165) is 11.1 Å². The first-order valence-corrected chi connectivity index (χ1v) is 5.72. The van der Waals surface area contributed by atoms with Gasteiger partial charge in [-0.1, -0.05) is 12.1 Å². The number of aromatic carboxylic acids is 1. The fraction of sp³-hybridized carbons (Fsp3) is 0. The van der Waals surface area contributed by atoms with Gasteiger partial charge in [-0.2, -0.15) is 0 Å². The molecular weight excluding hydrogens is 242 g/mol. The fourth-order valence-corrected chi connectivity index (χ4v) is 1.97. The summed E-state index contributed by atoms with van der Waals surface area (Å²) in [6.45, 7) is 0. The first-order chi connectivity index (χ1) is 9.13. The van der Waals surface area contributed by atoms with E-state index in [2.05, 4.69) is 9.97 Å². The Morgan fingerprint density at radius 2 is 2.05 bits per heavy atom. The highest BCUT2D eigenvalue weighted by atomic mass is 16.4. The van der Waals surface area contributed by atoms with Crippen LogP contribution in [-0.2, 0) is 0 Å². The first kappa shape index (κ1) is 11.3. The van der Waals surface area contributed by atoms with Crippen LogP contribution in [0.1, 0.15) is 10.4 Å². The van der Waals surface area contributed by atoms with E-state index in [4.69, 9.17) is 10.8 Å². The summed E-state index contributed by atoms with van der Waals surface area (Å²) in [6, 6.07) is 12.2. The summed E-state index contributed by atoms with van der Waals surface area (Å²) in [5.74, 6) is -0.285. The third kappa shape index (κ3) is 2.01. The summed E-state index contributed by atoms with van der Waals surface area (Å²) in [4.78, 5) is 18.4. The SMILES string of the molecule is Nc1cccc(-c2nc3ccc(C(=O)O)cc3[nH]2)c1. The lowest BCUT2D eigenvalue weighted by molar-refractivity contribution is 0.0697. The smallest absolute Gasteiger partial charge is 0.335 e. The van der Waals surface area contributed by atoms with Gasteiger partial charge in [-0.25, -0.2) is 9.78 Å². The Bertz CT molecular complexity index is 777. The summed E-state index contributed by atoms with van der Waals surface area (Å²) in [6.07, 6.45) is 0. The summed E-state index contributed by atoms with van der Waals surface area (Å²) in [7, 11) is 0. The number of anilines is 1. The highest BCUT2D eigenvalue weighted by molar-refractivity contribution is 5.93. The number of nitrogens with one attached hydrogen (secondary N) is 1. The molecule has 1 heterocycles. The number of fused-ring (bicyclic) bond motifs is 1. The Balaban J connectivity index is 2.14. The minimum atomic E-state index is -0.956. The van der Waals surface area contributed by atoms with Crippen molar-refractivity contribution in [1.29, 1.82) is 0 Å². The molecule has 94 valence electrons. The van der Waals surface area contributed by atoms with E-state index in [1.54, 1.807) is 18.2 Å². The normalized spacial score (nSPS) is 10.7. The van der Waals surface area contributed by atoms with Gasteiger partial charge in [-0.05, 0) is 30.3 Å². The van der Waals surface area contributed by atoms with Crippen molar-refractivity contribution < 1.29 is 9.90 Å². The Morgan fingerprint density at radius 1 is 1.21 bits per heavy atom. The number of aromatic amines is 1. The van der Waals surface area contributed by atoms with E-state index in [9.17, 15) is 4.79 Å². The van der Waals surface area contributed by atoms with E-state index in [1.807, 2.05) is 18.2 Å². The first-order valence-electron chi connectivity index (χ1n) is 5.72. The molecule has 0 atom stereocenters. The number of benzene rings is 2.